The second-order valence-electron chi connectivity index (χ2n) is 8.14. The van der Waals surface area contributed by atoms with Gasteiger partial charge in [0.2, 0.25) is 6.41 Å². The van der Waals surface area contributed by atoms with E-state index in [9.17, 15) is 18.4 Å². The van der Waals surface area contributed by atoms with Crippen LogP contribution in [0.2, 0.25) is 0 Å². The minimum absolute atomic E-state index is 0.0871. The van der Waals surface area contributed by atoms with Gasteiger partial charge in [-0.05, 0) is 55.5 Å². The van der Waals surface area contributed by atoms with Crippen LogP contribution in [-0.4, -0.2) is 51.5 Å². The van der Waals surface area contributed by atoms with Gasteiger partial charge < -0.3 is 23.8 Å². The van der Waals surface area contributed by atoms with Gasteiger partial charge in [0.05, 0.1) is 31.0 Å². The number of fused-ring (bicyclic) bond motifs is 1. The number of carbonyl (C=O) groups excluding carboxylic acids is 2. The number of methoxy groups -OCH3 is 1. The standard InChI is InChI=1S/C24H28N2O6S/c1-3-32-22-13-16(7-10-21(22)31-2)19(11-12-33(29)30)25-14-17-5-4-6-20(23(17)24(25)28)26(15-27)18-8-9-18/h4-7,10,13,15,18-19H,3,8-9,11-12,14H2,1-2H3,(H,29,30)/p-1/t19-/m1/s1. The molecule has 1 aliphatic heterocycles. The second kappa shape index (κ2) is 9.93. The number of rotatable bonds is 11. The average molecular weight is 472 g/mol. The average Bonchev–Trinajstić information content (AvgIpc) is 3.58. The molecule has 33 heavy (non-hydrogen) atoms. The van der Waals surface area contributed by atoms with Gasteiger partial charge in [-0.15, -0.1) is 0 Å². The SMILES string of the molecule is CCOc1cc([C@@H](CCS(=O)[O-])N2Cc3cccc(N(C=O)C4CC4)c3C2=O)ccc1OC. The maximum atomic E-state index is 13.6. The zero-order valence-electron chi connectivity index (χ0n) is 18.7. The number of nitrogens with zero attached hydrogens (tertiary/aromatic N) is 2. The molecular weight excluding hydrogens is 444 g/mol. The number of anilines is 1. The second-order valence-corrected chi connectivity index (χ2v) is 9.16. The van der Waals surface area contributed by atoms with Crippen molar-refractivity contribution in [2.45, 2.75) is 44.8 Å². The molecule has 8 nitrogen and oxygen atoms in total. The normalized spacial score (nSPS) is 16.8. The van der Waals surface area contributed by atoms with Gasteiger partial charge in [0.1, 0.15) is 0 Å². The van der Waals surface area contributed by atoms with Crippen LogP contribution in [0.3, 0.4) is 0 Å². The van der Waals surface area contributed by atoms with Gasteiger partial charge >= 0.3 is 0 Å². The van der Waals surface area contributed by atoms with Crippen LogP contribution in [0.1, 0.15) is 53.7 Å². The predicted octanol–water partition coefficient (Wildman–Crippen LogP) is 3.19. The summed E-state index contributed by atoms with van der Waals surface area (Å²) in [6, 6.07) is 10.6. The summed E-state index contributed by atoms with van der Waals surface area (Å²) in [7, 11) is 1.55. The number of benzene rings is 2. The Morgan fingerprint density at radius 1 is 1.27 bits per heavy atom. The first-order chi connectivity index (χ1) is 16.0. The minimum Gasteiger partial charge on any atom is -0.772 e. The molecule has 2 atom stereocenters. The molecule has 1 unspecified atom stereocenters. The highest BCUT2D eigenvalue weighted by Crippen LogP contribution is 2.41. The van der Waals surface area contributed by atoms with Crippen LogP contribution in [-0.2, 0) is 22.4 Å². The summed E-state index contributed by atoms with van der Waals surface area (Å²) in [6.07, 6.45) is 2.87. The maximum Gasteiger partial charge on any atom is 0.257 e. The first kappa shape index (κ1) is 23.3. The fourth-order valence-electron chi connectivity index (χ4n) is 4.40. The van der Waals surface area contributed by atoms with Gasteiger partial charge in [-0.2, -0.15) is 0 Å². The van der Waals surface area contributed by atoms with Gasteiger partial charge in [-0.1, -0.05) is 29.3 Å². The van der Waals surface area contributed by atoms with Crippen LogP contribution in [0, 0.1) is 0 Å². The van der Waals surface area contributed by atoms with Crippen molar-refractivity contribution >= 4 is 29.1 Å². The largest absolute Gasteiger partial charge is 0.772 e. The molecule has 2 amide bonds. The Kier molecular flexibility index (Phi) is 6.99. The zero-order chi connectivity index (χ0) is 23.5. The van der Waals surface area contributed by atoms with Crippen molar-refractivity contribution in [3.63, 3.8) is 0 Å². The Balaban J connectivity index is 1.71. The van der Waals surface area contributed by atoms with Gasteiger partial charge in [-0.25, -0.2) is 0 Å². The van der Waals surface area contributed by atoms with E-state index in [2.05, 4.69) is 0 Å². The third kappa shape index (κ3) is 4.74. The minimum atomic E-state index is -2.25. The highest BCUT2D eigenvalue weighted by Gasteiger charge is 2.39. The first-order valence-electron chi connectivity index (χ1n) is 11.0. The van der Waals surface area contributed by atoms with E-state index in [4.69, 9.17) is 9.47 Å². The van der Waals surface area contributed by atoms with Crippen LogP contribution < -0.4 is 14.4 Å². The molecule has 4 rings (SSSR count). The molecule has 176 valence electrons. The Bertz CT molecular complexity index is 1070. The summed E-state index contributed by atoms with van der Waals surface area (Å²) in [5.41, 5.74) is 2.73. The highest BCUT2D eigenvalue weighted by atomic mass is 32.2. The lowest BCUT2D eigenvalue weighted by molar-refractivity contribution is -0.107. The van der Waals surface area contributed by atoms with Crippen molar-refractivity contribution in [3.05, 3.63) is 53.1 Å². The van der Waals surface area contributed by atoms with Crippen LogP contribution in [0.4, 0.5) is 5.69 Å². The monoisotopic (exact) mass is 471 g/mol. The van der Waals surface area contributed by atoms with Crippen molar-refractivity contribution in [2.75, 3.05) is 24.4 Å². The Labute approximate surface area is 195 Å². The third-order valence-corrected chi connectivity index (χ3v) is 6.65. The van der Waals surface area contributed by atoms with E-state index >= 15 is 0 Å². The number of hydrogen-bond acceptors (Lipinski definition) is 6. The zero-order valence-corrected chi connectivity index (χ0v) is 19.5. The fraction of sp³-hybridized carbons (Fsp3) is 0.417. The molecule has 0 N–H and O–H groups in total. The van der Waals surface area contributed by atoms with Gasteiger partial charge in [0.25, 0.3) is 5.91 Å². The number of ether oxygens (including phenoxy) is 2. The molecule has 0 bridgehead atoms. The summed E-state index contributed by atoms with van der Waals surface area (Å²) in [5, 5.41) is 0. The Morgan fingerprint density at radius 3 is 2.70 bits per heavy atom. The summed E-state index contributed by atoms with van der Waals surface area (Å²) < 4.78 is 33.8. The molecule has 0 aromatic heterocycles. The fourth-order valence-corrected chi connectivity index (χ4v) is 4.82. The van der Waals surface area contributed by atoms with Crippen molar-refractivity contribution in [2.24, 2.45) is 0 Å². The molecule has 1 heterocycles. The molecule has 0 saturated heterocycles. The molecule has 1 saturated carbocycles. The highest BCUT2D eigenvalue weighted by molar-refractivity contribution is 7.79. The molecule has 2 aromatic carbocycles. The van der Waals surface area contributed by atoms with Crippen molar-refractivity contribution < 1.29 is 27.8 Å². The third-order valence-electron chi connectivity index (χ3n) is 6.08. The number of hydrogen-bond donors (Lipinski definition) is 0. The van der Waals surface area contributed by atoms with Crippen molar-refractivity contribution in [1.82, 2.24) is 4.90 Å². The predicted molar refractivity (Wildman–Crippen MR) is 123 cm³/mol. The molecule has 2 aliphatic rings. The van der Waals surface area contributed by atoms with Crippen LogP contribution in [0.15, 0.2) is 36.4 Å². The summed E-state index contributed by atoms with van der Waals surface area (Å²) in [6.45, 7) is 2.64. The Hall–Kier alpha value is -2.91. The quantitative estimate of drug-likeness (QED) is 0.369. The topological polar surface area (TPSA) is 99.2 Å². The summed E-state index contributed by atoms with van der Waals surface area (Å²) in [4.78, 5) is 28.8. The van der Waals surface area contributed by atoms with E-state index in [0.717, 1.165) is 30.4 Å². The smallest absolute Gasteiger partial charge is 0.257 e. The van der Waals surface area contributed by atoms with Crippen molar-refractivity contribution in [3.8, 4) is 11.5 Å². The molecule has 2 aromatic rings. The van der Waals surface area contributed by atoms with Crippen LogP contribution >= 0.6 is 0 Å². The molecule has 0 radical (unpaired) electrons. The summed E-state index contributed by atoms with van der Waals surface area (Å²) in [5.74, 6) is 0.812. The maximum absolute atomic E-state index is 13.6. The van der Waals surface area contributed by atoms with Gasteiger partial charge in [0, 0.05) is 18.3 Å². The lowest BCUT2D eigenvalue weighted by atomic mass is 10.0. The van der Waals surface area contributed by atoms with E-state index < -0.39 is 17.1 Å². The Morgan fingerprint density at radius 2 is 2.06 bits per heavy atom. The molecule has 0 spiro atoms. The van der Waals surface area contributed by atoms with Gasteiger partial charge in [0.15, 0.2) is 11.5 Å². The van der Waals surface area contributed by atoms with Gasteiger partial charge in [-0.3, -0.25) is 13.8 Å². The number of carbonyl (C=O) groups is 2. The molecular formula is C24H27N2O6S-. The molecule has 1 aliphatic carbocycles. The van der Waals surface area contributed by atoms with Crippen LogP contribution in [0.25, 0.3) is 0 Å². The van der Waals surface area contributed by atoms with Crippen LogP contribution in [0.5, 0.6) is 11.5 Å². The van der Waals surface area contributed by atoms with E-state index in [1.54, 1.807) is 35.1 Å². The molecule has 1 fully saturated rings. The first-order valence-corrected chi connectivity index (χ1v) is 12.3. The lowest BCUT2D eigenvalue weighted by Gasteiger charge is -2.29. The van der Waals surface area contributed by atoms with E-state index in [0.29, 0.717) is 35.9 Å². The summed E-state index contributed by atoms with van der Waals surface area (Å²) >= 11 is -2.25. The van der Waals surface area contributed by atoms with Crippen molar-refractivity contribution in [1.29, 1.82) is 0 Å². The lowest BCUT2D eigenvalue weighted by Crippen LogP contribution is -2.31. The van der Waals surface area contributed by atoms with E-state index in [1.807, 2.05) is 25.1 Å². The number of amides is 2. The van der Waals surface area contributed by atoms with E-state index in [1.165, 1.54) is 0 Å². The van der Waals surface area contributed by atoms with E-state index in [-0.39, 0.29) is 24.1 Å². The molecule has 9 heteroatoms.